The summed E-state index contributed by atoms with van der Waals surface area (Å²) < 4.78 is 6.85. The minimum atomic E-state index is 0.552. The molecule has 3 rings (SSSR count). The molecule has 0 bridgehead atoms. The van der Waals surface area contributed by atoms with Crippen molar-refractivity contribution in [2.24, 2.45) is 0 Å². The standard InChI is InChI=1S/C21H19BrClNO/c1-15-6-8-16(9-7-15)14-25-21-11-10-17(12-18(21)22)13-24-20-5-3-2-4-19(20)23/h2-12,24H,13-14H2,1H3. The molecule has 0 saturated heterocycles. The molecule has 0 amide bonds. The molecule has 4 heteroatoms. The predicted molar refractivity (Wildman–Crippen MR) is 108 cm³/mol. The zero-order valence-corrected chi connectivity index (χ0v) is 16.3. The van der Waals surface area contributed by atoms with E-state index in [1.165, 1.54) is 5.56 Å². The second-order valence-corrected chi connectivity index (χ2v) is 7.13. The summed E-state index contributed by atoms with van der Waals surface area (Å²) in [7, 11) is 0. The minimum absolute atomic E-state index is 0.552. The van der Waals surface area contributed by atoms with Crippen molar-refractivity contribution in [1.82, 2.24) is 0 Å². The maximum atomic E-state index is 6.16. The molecule has 0 radical (unpaired) electrons. The normalized spacial score (nSPS) is 10.5. The smallest absolute Gasteiger partial charge is 0.134 e. The van der Waals surface area contributed by atoms with Crippen LogP contribution in [0, 0.1) is 6.92 Å². The van der Waals surface area contributed by atoms with Crippen LogP contribution in [0.25, 0.3) is 0 Å². The number of hydrogen-bond donors (Lipinski definition) is 1. The SMILES string of the molecule is Cc1ccc(COc2ccc(CNc3ccccc3Cl)cc2Br)cc1. The van der Waals surface area contributed by atoms with Crippen LogP contribution in [-0.4, -0.2) is 0 Å². The maximum Gasteiger partial charge on any atom is 0.134 e. The lowest BCUT2D eigenvalue weighted by molar-refractivity contribution is 0.304. The number of halogens is 2. The predicted octanol–water partition coefficient (Wildman–Crippen LogP) is 6.60. The van der Waals surface area contributed by atoms with Gasteiger partial charge in [-0.05, 0) is 58.2 Å². The van der Waals surface area contributed by atoms with Crippen molar-refractivity contribution in [3.05, 3.63) is 92.9 Å². The van der Waals surface area contributed by atoms with E-state index in [2.05, 4.69) is 64.6 Å². The monoisotopic (exact) mass is 415 g/mol. The third kappa shape index (κ3) is 5.00. The highest BCUT2D eigenvalue weighted by Crippen LogP contribution is 2.28. The molecule has 0 spiro atoms. The average molecular weight is 417 g/mol. The summed E-state index contributed by atoms with van der Waals surface area (Å²) in [5.74, 6) is 0.835. The summed E-state index contributed by atoms with van der Waals surface area (Å²) in [4.78, 5) is 0. The van der Waals surface area contributed by atoms with E-state index in [1.807, 2.05) is 30.3 Å². The highest BCUT2D eigenvalue weighted by atomic mass is 79.9. The fraction of sp³-hybridized carbons (Fsp3) is 0.143. The highest BCUT2D eigenvalue weighted by Gasteiger charge is 2.05. The molecule has 0 heterocycles. The molecular formula is C21H19BrClNO. The molecule has 0 aliphatic rings. The van der Waals surface area contributed by atoms with E-state index in [9.17, 15) is 0 Å². The number of para-hydroxylation sites is 1. The van der Waals surface area contributed by atoms with Gasteiger partial charge in [0, 0.05) is 6.54 Å². The molecule has 0 fully saturated rings. The summed E-state index contributed by atoms with van der Waals surface area (Å²) >= 11 is 9.76. The van der Waals surface area contributed by atoms with Crippen molar-refractivity contribution in [3.63, 3.8) is 0 Å². The Kier molecular flexibility index (Phi) is 6.00. The molecule has 0 aliphatic heterocycles. The van der Waals surface area contributed by atoms with Gasteiger partial charge in [-0.2, -0.15) is 0 Å². The molecule has 3 aromatic rings. The fourth-order valence-corrected chi connectivity index (χ4v) is 3.16. The van der Waals surface area contributed by atoms with Crippen LogP contribution in [0.1, 0.15) is 16.7 Å². The van der Waals surface area contributed by atoms with Crippen LogP contribution in [0.5, 0.6) is 5.75 Å². The molecular weight excluding hydrogens is 398 g/mol. The van der Waals surface area contributed by atoms with Gasteiger partial charge in [-0.3, -0.25) is 0 Å². The first-order chi connectivity index (χ1) is 12.1. The summed E-state index contributed by atoms with van der Waals surface area (Å²) in [6, 6.07) is 22.2. The van der Waals surface area contributed by atoms with Crippen molar-refractivity contribution in [3.8, 4) is 5.75 Å². The molecule has 0 unspecified atom stereocenters. The third-order valence-corrected chi connectivity index (χ3v) is 4.82. The number of aryl methyl sites for hydroxylation is 1. The van der Waals surface area contributed by atoms with Crippen LogP contribution in [0.3, 0.4) is 0 Å². The average Bonchev–Trinajstić information content (AvgIpc) is 2.62. The van der Waals surface area contributed by atoms with Gasteiger partial charge in [-0.25, -0.2) is 0 Å². The minimum Gasteiger partial charge on any atom is -0.488 e. The maximum absolute atomic E-state index is 6.16. The third-order valence-electron chi connectivity index (χ3n) is 3.87. The molecule has 0 aliphatic carbocycles. The molecule has 1 N–H and O–H groups in total. The highest BCUT2D eigenvalue weighted by molar-refractivity contribution is 9.10. The molecule has 0 saturated carbocycles. The van der Waals surface area contributed by atoms with Crippen molar-refractivity contribution >= 4 is 33.2 Å². The summed E-state index contributed by atoms with van der Waals surface area (Å²) in [5.41, 5.74) is 4.48. The number of ether oxygens (including phenoxy) is 1. The molecule has 128 valence electrons. The number of anilines is 1. The van der Waals surface area contributed by atoms with Crippen LogP contribution in [0.4, 0.5) is 5.69 Å². The zero-order chi connectivity index (χ0) is 17.6. The first-order valence-electron chi connectivity index (χ1n) is 8.07. The van der Waals surface area contributed by atoms with Crippen LogP contribution in [0.15, 0.2) is 71.2 Å². The van der Waals surface area contributed by atoms with Gasteiger partial charge < -0.3 is 10.1 Å². The first kappa shape index (κ1) is 17.8. The molecule has 3 aromatic carbocycles. The molecule has 2 nitrogen and oxygen atoms in total. The van der Waals surface area contributed by atoms with Crippen LogP contribution in [0.2, 0.25) is 5.02 Å². The Labute approximate surface area is 161 Å². The van der Waals surface area contributed by atoms with Crippen molar-refractivity contribution in [2.75, 3.05) is 5.32 Å². The van der Waals surface area contributed by atoms with Gasteiger partial charge in [0.25, 0.3) is 0 Å². The second kappa shape index (κ2) is 8.41. The Balaban J connectivity index is 1.60. The van der Waals surface area contributed by atoms with E-state index >= 15 is 0 Å². The van der Waals surface area contributed by atoms with Crippen LogP contribution in [-0.2, 0) is 13.2 Å². The van der Waals surface area contributed by atoms with E-state index < -0.39 is 0 Å². The van der Waals surface area contributed by atoms with Crippen molar-refractivity contribution in [2.45, 2.75) is 20.1 Å². The number of rotatable bonds is 6. The molecule has 25 heavy (non-hydrogen) atoms. The Morgan fingerprint density at radius 3 is 2.40 bits per heavy atom. The lowest BCUT2D eigenvalue weighted by Crippen LogP contribution is -2.01. The Morgan fingerprint density at radius 1 is 0.960 bits per heavy atom. The van der Waals surface area contributed by atoms with Crippen molar-refractivity contribution < 1.29 is 4.74 Å². The summed E-state index contributed by atoms with van der Waals surface area (Å²) in [6.45, 7) is 3.33. The topological polar surface area (TPSA) is 21.3 Å². The van der Waals surface area contributed by atoms with Gasteiger partial charge in [0.15, 0.2) is 0 Å². The number of nitrogens with one attached hydrogen (secondary N) is 1. The second-order valence-electron chi connectivity index (χ2n) is 5.87. The summed E-state index contributed by atoms with van der Waals surface area (Å²) in [5, 5.41) is 4.07. The lowest BCUT2D eigenvalue weighted by Gasteiger charge is -2.12. The van der Waals surface area contributed by atoms with E-state index in [0.29, 0.717) is 13.2 Å². The van der Waals surface area contributed by atoms with Gasteiger partial charge in [0.05, 0.1) is 15.2 Å². The summed E-state index contributed by atoms with van der Waals surface area (Å²) in [6.07, 6.45) is 0. The zero-order valence-electron chi connectivity index (χ0n) is 13.9. The Morgan fingerprint density at radius 2 is 1.68 bits per heavy atom. The number of hydrogen-bond acceptors (Lipinski definition) is 2. The Bertz CT molecular complexity index is 849. The molecule has 0 aromatic heterocycles. The van der Waals surface area contributed by atoms with Crippen molar-refractivity contribution in [1.29, 1.82) is 0 Å². The largest absolute Gasteiger partial charge is 0.488 e. The van der Waals surface area contributed by atoms with E-state index in [-0.39, 0.29) is 0 Å². The van der Waals surface area contributed by atoms with E-state index in [1.54, 1.807) is 0 Å². The van der Waals surface area contributed by atoms with Gasteiger partial charge in [-0.15, -0.1) is 0 Å². The van der Waals surface area contributed by atoms with Gasteiger partial charge in [0.2, 0.25) is 0 Å². The first-order valence-corrected chi connectivity index (χ1v) is 9.24. The van der Waals surface area contributed by atoms with E-state index in [4.69, 9.17) is 16.3 Å². The molecule has 0 atom stereocenters. The van der Waals surface area contributed by atoms with Crippen LogP contribution < -0.4 is 10.1 Å². The van der Waals surface area contributed by atoms with Gasteiger partial charge in [-0.1, -0.05) is 59.6 Å². The van der Waals surface area contributed by atoms with Crippen LogP contribution >= 0.6 is 27.5 Å². The fourth-order valence-electron chi connectivity index (χ4n) is 2.42. The van der Waals surface area contributed by atoms with Gasteiger partial charge in [0.1, 0.15) is 12.4 Å². The quantitative estimate of drug-likeness (QED) is 0.488. The van der Waals surface area contributed by atoms with E-state index in [0.717, 1.165) is 32.1 Å². The van der Waals surface area contributed by atoms with Gasteiger partial charge >= 0.3 is 0 Å². The Hall–Kier alpha value is -1.97. The lowest BCUT2D eigenvalue weighted by atomic mass is 10.2. The number of benzene rings is 3.